The topological polar surface area (TPSA) is 50.1 Å². The standard InChI is InChI=1S/C3H6N2.C3H3NO/c2*1-2-4-5-3-1/h1-2,4-5H,3H2;1-3H. The zero-order chi connectivity index (χ0) is 7.07. The van der Waals surface area contributed by atoms with E-state index in [4.69, 9.17) is 0 Å². The molecule has 0 bridgehead atoms. The zero-order valence-corrected chi connectivity index (χ0v) is 5.45. The predicted octanol–water partition coefficient (Wildman–Crippen LogP) is 0.282. The van der Waals surface area contributed by atoms with Gasteiger partial charge in [-0.3, -0.25) is 0 Å². The van der Waals surface area contributed by atoms with Crippen molar-refractivity contribution in [2.24, 2.45) is 0 Å². The van der Waals surface area contributed by atoms with E-state index >= 15 is 0 Å². The van der Waals surface area contributed by atoms with Crippen LogP contribution < -0.4 is 10.9 Å². The molecule has 0 saturated heterocycles. The van der Waals surface area contributed by atoms with Crippen LogP contribution in [0.4, 0.5) is 0 Å². The average Bonchev–Trinajstić information content (AvgIpc) is 2.67. The molecule has 1 aromatic rings. The highest BCUT2D eigenvalue weighted by Crippen LogP contribution is 1.72. The fraction of sp³-hybridized carbons (Fsp3) is 0.167. The first-order valence-electron chi connectivity index (χ1n) is 2.98. The Labute approximate surface area is 58.9 Å². The molecule has 0 aliphatic carbocycles. The lowest BCUT2D eigenvalue weighted by molar-refractivity contribution is 0.420. The summed E-state index contributed by atoms with van der Waals surface area (Å²) < 4.78 is 4.33. The number of nitrogens with one attached hydrogen (secondary N) is 2. The molecule has 2 rings (SSSR count). The van der Waals surface area contributed by atoms with Gasteiger partial charge in [-0.25, -0.2) is 5.43 Å². The van der Waals surface area contributed by atoms with Gasteiger partial charge in [0.25, 0.3) is 0 Å². The normalized spacial score (nSPS) is 13.6. The van der Waals surface area contributed by atoms with Gasteiger partial charge in [0.15, 0.2) is 0 Å². The molecule has 2 heterocycles. The summed E-state index contributed by atoms with van der Waals surface area (Å²) in [6, 6.07) is 1.72. The van der Waals surface area contributed by atoms with E-state index in [0.717, 1.165) is 6.54 Å². The van der Waals surface area contributed by atoms with Crippen molar-refractivity contribution in [1.29, 1.82) is 0 Å². The summed E-state index contributed by atoms with van der Waals surface area (Å²) in [6.45, 7) is 0.958. The molecule has 0 saturated carbocycles. The first-order valence-corrected chi connectivity index (χ1v) is 2.98. The van der Waals surface area contributed by atoms with Crippen LogP contribution in [0.25, 0.3) is 0 Å². The molecule has 0 amide bonds. The van der Waals surface area contributed by atoms with Gasteiger partial charge in [0.1, 0.15) is 6.26 Å². The van der Waals surface area contributed by atoms with Crippen LogP contribution in [-0.2, 0) is 0 Å². The van der Waals surface area contributed by atoms with Crippen LogP contribution in [0.3, 0.4) is 0 Å². The molecule has 0 aromatic carbocycles. The van der Waals surface area contributed by atoms with E-state index in [0.29, 0.717) is 0 Å². The fourth-order valence-electron chi connectivity index (χ4n) is 0.470. The van der Waals surface area contributed by atoms with E-state index < -0.39 is 0 Å². The van der Waals surface area contributed by atoms with Crippen molar-refractivity contribution >= 4 is 0 Å². The van der Waals surface area contributed by atoms with E-state index in [1.807, 2.05) is 12.3 Å². The summed E-state index contributed by atoms with van der Waals surface area (Å²) in [5, 5.41) is 3.35. The average molecular weight is 139 g/mol. The molecule has 0 unspecified atom stereocenters. The molecule has 4 heteroatoms. The molecule has 0 spiro atoms. The molecule has 0 radical (unpaired) electrons. The highest BCUT2D eigenvalue weighted by molar-refractivity contribution is 4.85. The van der Waals surface area contributed by atoms with E-state index in [1.54, 1.807) is 12.3 Å². The van der Waals surface area contributed by atoms with Crippen LogP contribution >= 0.6 is 0 Å². The minimum atomic E-state index is 0.958. The maximum atomic E-state index is 4.33. The molecular formula is C6H9N3O. The molecule has 0 fully saturated rings. The van der Waals surface area contributed by atoms with Crippen LogP contribution in [-0.4, -0.2) is 11.7 Å². The largest absolute Gasteiger partial charge is 0.365 e. The Balaban J connectivity index is 0.0000001000. The second kappa shape index (κ2) is 4.58. The molecule has 1 aromatic heterocycles. The summed E-state index contributed by atoms with van der Waals surface area (Å²) in [6.07, 6.45) is 6.99. The van der Waals surface area contributed by atoms with E-state index in [9.17, 15) is 0 Å². The van der Waals surface area contributed by atoms with Crippen molar-refractivity contribution in [3.63, 3.8) is 0 Å². The third kappa shape index (κ3) is 2.88. The SMILES string of the molecule is C1=CNNC1.c1cnoc1. The third-order valence-electron chi connectivity index (χ3n) is 0.870. The van der Waals surface area contributed by atoms with Crippen LogP contribution in [0.2, 0.25) is 0 Å². The van der Waals surface area contributed by atoms with Crippen molar-refractivity contribution in [2.75, 3.05) is 6.54 Å². The highest BCUT2D eigenvalue weighted by Gasteiger charge is 1.78. The molecule has 1 aliphatic rings. The smallest absolute Gasteiger partial charge is 0.123 e. The highest BCUT2D eigenvalue weighted by atomic mass is 16.5. The number of nitrogens with zero attached hydrogens (tertiary/aromatic N) is 1. The molecule has 4 nitrogen and oxygen atoms in total. The Kier molecular flexibility index (Phi) is 3.12. The Bertz CT molecular complexity index is 148. The number of hydrogen-bond donors (Lipinski definition) is 2. The van der Waals surface area contributed by atoms with E-state index in [1.165, 1.54) is 6.26 Å². The van der Waals surface area contributed by atoms with Gasteiger partial charge in [-0.15, -0.1) is 0 Å². The second-order valence-electron chi connectivity index (χ2n) is 1.62. The molecule has 2 N–H and O–H groups in total. The van der Waals surface area contributed by atoms with Crippen LogP contribution in [0, 0.1) is 0 Å². The Morgan fingerprint density at radius 3 is 2.70 bits per heavy atom. The van der Waals surface area contributed by atoms with Gasteiger partial charge in [0.2, 0.25) is 0 Å². The molecule has 1 aliphatic heterocycles. The zero-order valence-electron chi connectivity index (χ0n) is 5.45. The summed E-state index contributed by atoms with van der Waals surface area (Å²) >= 11 is 0. The monoisotopic (exact) mass is 139 g/mol. The molecular weight excluding hydrogens is 130 g/mol. The first kappa shape index (κ1) is 6.82. The van der Waals surface area contributed by atoms with Crippen molar-refractivity contribution in [2.45, 2.75) is 0 Å². The van der Waals surface area contributed by atoms with E-state index in [-0.39, 0.29) is 0 Å². The minimum absolute atomic E-state index is 0.958. The van der Waals surface area contributed by atoms with E-state index in [2.05, 4.69) is 20.5 Å². The molecule has 54 valence electrons. The lowest BCUT2D eigenvalue weighted by atomic mass is 10.7. The Hall–Kier alpha value is -1.29. The van der Waals surface area contributed by atoms with Gasteiger partial charge in [0.05, 0.1) is 6.20 Å². The second-order valence-corrected chi connectivity index (χ2v) is 1.62. The van der Waals surface area contributed by atoms with Gasteiger partial charge in [-0.2, -0.15) is 0 Å². The van der Waals surface area contributed by atoms with Gasteiger partial charge in [-0.1, -0.05) is 11.2 Å². The van der Waals surface area contributed by atoms with Crippen molar-refractivity contribution in [3.05, 3.63) is 30.8 Å². The number of rotatable bonds is 0. The lowest BCUT2D eigenvalue weighted by Gasteiger charge is -1.83. The van der Waals surface area contributed by atoms with Crippen molar-refractivity contribution < 1.29 is 4.52 Å². The number of hydrazine groups is 1. The maximum Gasteiger partial charge on any atom is 0.123 e. The van der Waals surface area contributed by atoms with Crippen molar-refractivity contribution in [1.82, 2.24) is 16.0 Å². The van der Waals surface area contributed by atoms with Crippen LogP contribution in [0.15, 0.2) is 35.3 Å². The van der Waals surface area contributed by atoms with Crippen molar-refractivity contribution in [3.8, 4) is 0 Å². The van der Waals surface area contributed by atoms with Crippen LogP contribution in [0.5, 0.6) is 0 Å². The maximum absolute atomic E-state index is 4.33. The Morgan fingerprint density at radius 1 is 1.50 bits per heavy atom. The fourth-order valence-corrected chi connectivity index (χ4v) is 0.470. The first-order chi connectivity index (χ1) is 5.00. The summed E-state index contributed by atoms with van der Waals surface area (Å²) in [5.41, 5.74) is 5.65. The summed E-state index contributed by atoms with van der Waals surface area (Å²) in [5.74, 6) is 0. The predicted molar refractivity (Wildman–Crippen MR) is 36.8 cm³/mol. The molecule has 10 heavy (non-hydrogen) atoms. The van der Waals surface area contributed by atoms with Gasteiger partial charge in [-0.05, 0) is 6.07 Å². The van der Waals surface area contributed by atoms with Gasteiger partial charge < -0.3 is 9.95 Å². The van der Waals surface area contributed by atoms with Gasteiger partial charge in [0, 0.05) is 12.7 Å². The summed E-state index contributed by atoms with van der Waals surface area (Å²) in [4.78, 5) is 0. The number of aromatic nitrogens is 1. The van der Waals surface area contributed by atoms with Crippen LogP contribution in [0.1, 0.15) is 0 Å². The lowest BCUT2D eigenvalue weighted by Crippen LogP contribution is -2.19. The van der Waals surface area contributed by atoms with Gasteiger partial charge >= 0.3 is 0 Å². The quantitative estimate of drug-likeness (QED) is 0.542. The Morgan fingerprint density at radius 2 is 2.50 bits per heavy atom. The molecule has 0 atom stereocenters. The minimum Gasteiger partial charge on any atom is -0.365 e. The third-order valence-corrected chi connectivity index (χ3v) is 0.870. The number of hydrogen-bond acceptors (Lipinski definition) is 4. The summed E-state index contributed by atoms with van der Waals surface area (Å²) in [7, 11) is 0.